The number of benzene rings is 4. The first-order valence-corrected chi connectivity index (χ1v) is 23.7. The van der Waals surface area contributed by atoms with Crippen LogP contribution in [0.5, 0.6) is 46.0 Å². The molecule has 0 aromatic heterocycles. The number of methoxy groups -OCH3 is 4. The monoisotopic (exact) mass is 1550 g/mol. The van der Waals surface area contributed by atoms with Gasteiger partial charge in [0, 0.05) is 0 Å². The SMILES string of the molecule is COc1cccc(/C=N/NC(N)=O)c1[O-].COc1cccc(/C=N/NC(N)=O)c1[O-].COc1cccc(/C=N/NC(N)=O)c1[O-].COc1cccc(/C=N/NC(N)=O)c1[O-].O.O.O.O.[Cu+2].[Cu+2].[Cu+2].[Cu+2].[O-][Cl+3]([O-])([O-])[O-].[O-][Cl+3]([O-])([O-])[O-].[O-][Cl+3]([O-])([O-])[O-].[O-][Cl+3]([O-])([O-])[O-]. The van der Waals surface area contributed by atoms with E-state index < -0.39 is 65.1 Å². The summed E-state index contributed by atoms with van der Waals surface area (Å²) in [5.74, 6) is -0.304. The van der Waals surface area contributed by atoms with Crippen LogP contribution in [0.1, 0.15) is 22.3 Å². The van der Waals surface area contributed by atoms with Crippen LogP contribution in [0.4, 0.5) is 19.2 Å². The zero-order valence-electron chi connectivity index (χ0n) is 43.5. The summed E-state index contributed by atoms with van der Waals surface area (Å²) in [7, 11) is -14.2. The fraction of sp³-hybridized carbons (Fsp3) is 0.111. The van der Waals surface area contributed by atoms with Crippen LogP contribution in [0.15, 0.2) is 93.2 Å². The van der Waals surface area contributed by atoms with E-state index in [9.17, 15) is 39.6 Å². The molecule has 0 saturated heterocycles. The van der Waals surface area contributed by atoms with Crippen LogP contribution in [-0.4, -0.2) is 99.3 Å². The van der Waals surface area contributed by atoms with Crippen LogP contribution < -0.4 is 159 Å². The van der Waals surface area contributed by atoms with Crippen molar-refractivity contribution in [3.8, 4) is 46.0 Å². The summed E-state index contributed by atoms with van der Waals surface area (Å²) >= 11 is 0. The van der Waals surface area contributed by atoms with Crippen LogP contribution in [0, 0.1) is 41.0 Å². The van der Waals surface area contributed by atoms with Crippen LogP contribution in [-0.2, 0) is 68.3 Å². The zero-order valence-corrected chi connectivity index (χ0v) is 50.3. The first-order valence-electron chi connectivity index (χ1n) is 18.8. The number of hydrogen-bond acceptors (Lipinski definition) is 32. The van der Waals surface area contributed by atoms with E-state index in [1.54, 1.807) is 72.8 Å². The smallest absolute Gasteiger partial charge is 0.870 e. The molecular weight excluding hydrogens is 1510 g/mol. The van der Waals surface area contributed by atoms with E-state index in [2.05, 4.69) is 20.4 Å². The van der Waals surface area contributed by atoms with E-state index in [0.717, 1.165) is 0 Å². The molecule has 0 aliphatic rings. The number of carbonyl (C=O) groups excluding carboxylic acids is 4. The van der Waals surface area contributed by atoms with Crippen molar-refractivity contribution < 1.29 is 264 Å². The second-order valence-electron chi connectivity index (χ2n) is 12.0. The van der Waals surface area contributed by atoms with Gasteiger partial charge in [-0.3, -0.25) is 0 Å². The molecule has 0 atom stereocenters. The Balaban J connectivity index is -0.0000000771. The Labute approximate surface area is 544 Å². The average molecular weight is 1560 g/mol. The van der Waals surface area contributed by atoms with Crippen molar-refractivity contribution in [3.05, 3.63) is 95.1 Å². The van der Waals surface area contributed by atoms with Crippen molar-refractivity contribution >= 4 is 49.0 Å². The molecule has 4 radical (unpaired) electrons. The molecule has 0 saturated carbocycles. The van der Waals surface area contributed by atoms with Crippen LogP contribution in [0.2, 0.25) is 0 Å². The maximum Gasteiger partial charge on any atom is 2.00 e. The van der Waals surface area contributed by atoms with Crippen molar-refractivity contribution in [1.82, 2.24) is 21.7 Å². The number of rotatable bonds is 12. The fourth-order valence-electron chi connectivity index (χ4n) is 3.84. The van der Waals surface area contributed by atoms with Gasteiger partial charge < -0.3 is 84.2 Å². The number of primary amides is 4. The summed E-state index contributed by atoms with van der Waals surface area (Å²) in [6.45, 7) is 0. The van der Waals surface area contributed by atoms with Gasteiger partial charge in [-0.2, -0.15) is 20.4 Å². The van der Waals surface area contributed by atoms with Gasteiger partial charge in [0.15, 0.2) is 0 Å². The Morgan fingerprint density at radius 2 is 0.466 bits per heavy atom. The van der Waals surface area contributed by atoms with Gasteiger partial charge in [0.2, 0.25) is 0 Å². The van der Waals surface area contributed by atoms with E-state index in [-0.39, 0.29) is 136 Å². The summed E-state index contributed by atoms with van der Waals surface area (Å²) in [6, 6.07) is 15.8. The molecule has 4 aromatic rings. The number of halogens is 4. The molecular formula is C36H48Cl4Cu4N12O32. The third-order valence-electron chi connectivity index (χ3n) is 6.43. The molecule has 20 N–H and O–H groups in total. The zero-order chi connectivity index (χ0) is 63.0. The summed E-state index contributed by atoms with van der Waals surface area (Å²) in [5, 5.41) is 60.0. The standard InChI is InChI=1S/4C9H11N3O3.4ClHO4.4Cu.4H2O/c4*1-15-7-4-2-3-6(8(7)13)5-11-12-9(10)14;4*2-1(3,4)5;;;;;;;;/h4*2-5,13H,1H3,(H3,10,12,14);4*(H,2,3,4,5);;;;;4*1H2/q;;;;;;;;4*+2;;;;/p-8/b4*11-5+;;;;;;;;;;;;. The number of urea groups is 4. The molecule has 0 aliphatic heterocycles. The molecule has 44 nitrogen and oxygen atoms in total. The first-order chi connectivity index (χ1) is 36.6. The molecule has 0 unspecified atom stereocenters. The number of hydrazone groups is 4. The number of para-hydroxylation sites is 4. The molecule has 4 aromatic carbocycles. The van der Waals surface area contributed by atoms with E-state index in [1.807, 2.05) is 21.7 Å². The van der Waals surface area contributed by atoms with E-state index in [4.69, 9.17) is 116 Å². The van der Waals surface area contributed by atoms with Crippen LogP contribution in [0.3, 0.4) is 0 Å². The quantitative estimate of drug-likeness (QED) is 0.0371. The minimum absolute atomic E-state index is 0. The minimum Gasteiger partial charge on any atom is -0.870 e. The predicted molar refractivity (Wildman–Crippen MR) is 225 cm³/mol. The first kappa shape index (κ1) is 109. The Morgan fingerprint density at radius 1 is 0.341 bits per heavy atom. The maximum absolute atomic E-state index is 11.5. The summed E-state index contributed by atoms with van der Waals surface area (Å²) in [4.78, 5) is 41.2. The van der Waals surface area contributed by atoms with Gasteiger partial charge in [0.05, 0.1) is 53.3 Å². The van der Waals surface area contributed by atoms with Gasteiger partial charge in [-0.15, -0.1) is 41.0 Å². The molecule has 0 spiro atoms. The van der Waals surface area contributed by atoms with Gasteiger partial charge in [0.25, 0.3) is 0 Å². The summed E-state index contributed by atoms with van der Waals surface area (Å²) < 4.78 is 155. The van der Waals surface area contributed by atoms with E-state index in [0.29, 0.717) is 22.3 Å². The Bertz CT molecular complexity index is 2260. The normalized spacial score (nSPS) is 9.68. The molecule has 0 fully saturated rings. The topological polar surface area (TPSA) is 894 Å². The van der Waals surface area contributed by atoms with Crippen molar-refractivity contribution in [1.29, 1.82) is 0 Å². The number of ether oxygens (including phenoxy) is 4. The van der Waals surface area contributed by atoms with Crippen molar-refractivity contribution in [2.24, 2.45) is 43.3 Å². The second kappa shape index (κ2) is 58.2. The molecule has 88 heavy (non-hydrogen) atoms. The van der Waals surface area contributed by atoms with Gasteiger partial charge in [-0.05, 0) is 46.5 Å². The maximum atomic E-state index is 11.5. The third kappa shape index (κ3) is 73.7. The molecule has 0 bridgehead atoms. The molecule has 0 heterocycles. The molecule has 8 amide bonds. The van der Waals surface area contributed by atoms with Gasteiger partial charge in [0.1, 0.15) is 23.0 Å². The van der Waals surface area contributed by atoms with Gasteiger partial charge >= 0.3 is 92.4 Å². The summed E-state index contributed by atoms with van der Waals surface area (Å²) in [5.41, 5.74) is 28.3. The number of nitrogens with two attached hydrogens (primary N) is 4. The number of nitrogens with one attached hydrogen (secondary N) is 4. The third-order valence-corrected chi connectivity index (χ3v) is 6.43. The number of carbonyl (C=O) groups is 4. The van der Waals surface area contributed by atoms with Gasteiger partial charge in [-0.1, -0.05) is 71.5 Å². The predicted octanol–water partition coefficient (Wildman–Crippen LogP) is -23.2. The largest absolute Gasteiger partial charge is 2.00 e. The molecule has 4 rings (SSSR count). The van der Waals surface area contributed by atoms with Crippen molar-refractivity contribution in [2.75, 3.05) is 28.4 Å². The minimum atomic E-state index is -4.94. The van der Waals surface area contributed by atoms with Crippen LogP contribution in [0.25, 0.3) is 0 Å². The number of hydrogen-bond donors (Lipinski definition) is 8. The fourth-order valence-corrected chi connectivity index (χ4v) is 3.84. The van der Waals surface area contributed by atoms with E-state index >= 15 is 0 Å². The molecule has 52 heteroatoms. The number of nitrogens with zero attached hydrogens (tertiary/aromatic N) is 4. The summed E-state index contributed by atoms with van der Waals surface area (Å²) in [6.07, 6.45) is 4.82. The Kier molecular flexibility index (Phi) is 72.3. The van der Waals surface area contributed by atoms with Crippen LogP contribution >= 0.6 is 0 Å². The van der Waals surface area contributed by atoms with Crippen molar-refractivity contribution in [3.63, 3.8) is 0 Å². The van der Waals surface area contributed by atoms with E-state index in [1.165, 1.54) is 53.3 Å². The molecule has 516 valence electrons. The number of amides is 8. The average Bonchev–Trinajstić information content (AvgIpc) is 3.29. The Hall–Kier alpha value is -6.52. The van der Waals surface area contributed by atoms with Gasteiger partial charge in [-0.25, -0.2) is 115 Å². The Morgan fingerprint density at radius 3 is 0.568 bits per heavy atom. The molecule has 0 aliphatic carbocycles. The van der Waals surface area contributed by atoms with Crippen molar-refractivity contribution in [2.45, 2.75) is 0 Å². The second-order valence-corrected chi connectivity index (χ2v) is 15.0.